The number of hydrogen-bond acceptors (Lipinski definition) is 10. The van der Waals surface area contributed by atoms with Gasteiger partial charge in [-0.3, -0.25) is 19.3 Å². The predicted octanol–water partition coefficient (Wildman–Crippen LogP) is 12.9. The van der Waals surface area contributed by atoms with Crippen molar-refractivity contribution in [2.75, 3.05) is 29.9 Å². The van der Waals surface area contributed by atoms with E-state index in [1.165, 1.54) is 6.42 Å². The number of ether oxygens (including phenoxy) is 1. The Balaban J connectivity index is 0.000000449. The fourth-order valence-corrected chi connectivity index (χ4v) is 11.6. The number of carboxylic acid groups (broad SMARTS) is 1. The fraction of sp³-hybridized carbons (Fsp3) is 0.533. The second-order valence-electron chi connectivity index (χ2n) is 22.4. The Labute approximate surface area is 449 Å². The van der Waals surface area contributed by atoms with Gasteiger partial charge in [0.2, 0.25) is 0 Å². The maximum atomic E-state index is 13.7. The molecule has 4 aromatic rings. The van der Waals surface area contributed by atoms with E-state index in [9.17, 15) is 41.1 Å². The highest BCUT2D eigenvalue weighted by Crippen LogP contribution is 2.30. The Morgan fingerprint density at radius 1 is 0.693 bits per heavy atom. The van der Waals surface area contributed by atoms with Gasteiger partial charge in [-0.1, -0.05) is 170 Å². The van der Waals surface area contributed by atoms with Gasteiger partial charge in [0, 0.05) is 17.8 Å². The van der Waals surface area contributed by atoms with E-state index in [-0.39, 0.29) is 58.9 Å². The minimum absolute atomic E-state index is 0. The van der Waals surface area contributed by atoms with Crippen LogP contribution in [0, 0.1) is 17.8 Å². The van der Waals surface area contributed by atoms with E-state index in [1.54, 1.807) is 79.7 Å². The van der Waals surface area contributed by atoms with E-state index < -0.39 is 44.3 Å². The fourth-order valence-electron chi connectivity index (χ4n) is 8.94. The molecular formula is C60H87N3O10S2. The number of nitrogens with zero attached hydrogens (tertiary/aromatic N) is 1. The number of carbonyl (C=O) groups is 4. The van der Waals surface area contributed by atoms with Crippen molar-refractivity contribution in [3.8, 4) is 0 Å². The summed E-state index contributed by atoms with van der Waals surface area (Å²) in [6.07, 6.45) is 9.49. The molecule has 0 heterocycles. The van der Waals surface area contributed by atoms with Gasteiger partial charge in [-0.25, -0.2) is 21.6 Å². The number of hydrogen-bond donors (Lipinski definition) is 3. The van der Waals surface area contributed by atoms with Gasteiger partial charge in [0.05, 0.1) is 33.9 Å². The first-order chi connectivity index (χ1) is 34.7. The molecule has 414 valence electrons. The number of anilines is 2. The molecule has 0 radical (unpaired) electrons. The maximum Gasteiger partial charge on any atom is 0.325 e. The SMILES string of the molecule is C.CC(C)CCCC(C)CC(=O)[C@@H](CC1CCCCC1)NC(=O)N(CC(=O)O)c1ccc(CS(=O)(=O)c2ccc(C(C)(C)C)cc2)cc1.CCOC(=O)CNc1ccc(CS(=O)(=O)c2ccc(C(C)(C)C)cc2)cc1. The van der Waals surface area contributed by atoms with Crippen molar-refractivity contribution in [2.24, 2.45) is 17.8 Å². The quantitative estimate of drug-likeness (QED) is 0.0599. The van der Waals surface area contributed by atoms with Crippen LogP contribution in [0.3, 0.4) is 0 Å². The predicted molar refractivity (Wildman–Crippen MR) is 303 cm³/mol. The largest absolute Gasteiger partial charge is 0.480 e. The van der Waals surface area contributed by atoms with Gasteiger partial charge < -0.3 is 20.5 Å². The van der Waals surface area contributed by atoms with Crippen molar-refractivity contribution in [3.63, 3.8) is 0 Å². The zero-order valence-electron chi connectivity index (χ0n) is 45.5. The number of amides is 2. The number of nitrogens with one attached hydrogen (secondary N) is 2. The van der Waals surface area contributed by atoms with Crippen LogP contribution in [0.4, 0.5) is 16.2 Å². The normalized spacial score (nSPS) is 14.1. The molecular weight excluding hydrogens is 987 g/mol. The Kier molecular flexibility index (Phi) is 24.7. The molecule has 1 aliphatic rings. The summed E-state index contributed by atoms with van der Waals surface area (Å²) < 4.78 is 56.5. The van der Waals surface area contributed by atoms with E-state index in [1.807, 2.05) is 24.3 Å². The zero-order chi connectivity index (χ0) is 54.9. The molecule has 1 fully saturated rings. The molecule has 2 amide bonds. The standard InChI is InChI=1S/C38H56N2O6S.C21H27NO4S.CH4/c1-27(2)11-10-12-28(3)23-35(41)34(24-29-13-8-7-9-14-29)39-37(44)40(25-36(42)43)32-19-15-30(16-20-32)26-47(45,46)33-21-17-31(18-22-33)38(4,5)6;1-5-26-20(23)14-22-18-10-6-16(7-11-18)15-27(24,25)19-12-8-17(9-13-19)21(2,3)4;/h15-22,27-29,34H,7-14,23-26H2,1-6H3,(H,39,44)(H,42,43);6-13,22H,5,14-15H2,1-4H3;1H4/t28?,34-;;/m1../s1. The average Bonchev–Trinajstić information content (AvgIpc) is 3.33. The summed E-state index contributed by atoms with van der Waals surface area (Å²) in [5.74, 6) is -0.688. The number of urea groups is 1. The molecule has 2 atom stereocenters. The molecule has 0 bridgehead atoms. The van der Waals surface area contributed by atoms with Crippen molar-refractivity contribution in [1.29, 1.82) is 0 Å². The van der Waals surface area contributed by atoms with Crippen LogP contribution in [-0.2, 0) is 61.1 Å². The van der Waals surface area contributed by atoms with Crippen LogP contribution >= 0.6 is 0 Å². The number of esters is 1. The number of aliphatic carboxylic acids is 1. The number of carbonyl (C=O) groups excluding carboxylic acids is 3. The van der Waals surface area contributed by atoms with E-state index in [2.05, 4.69) is 72.9 Å². The molecule has 1 unspecified atom stereocenters. The summed E-state index contributed by atoms with van der Waals surface area (Å²) in [6.45, 7) is 20.5. The summed E-state index contributed by atoms with van der Waals surface area (Å²) in [6, 6.07) is 26.0. The Morgan fingerprint density at radius 3 is 1.61 bits per heavy atom. The molecule has 15 heteroatoms. The second kappa shape index (κ2) is 29.1. The number of carboxylic acids is 1. The minimum Gasteiger partial charge on any atom is -0.480 e. The van der Waals surface area contributed by atoms with Crippen molar-refractivity contribution >= 4 is 54.8 Å². The molecule has 3 N–H and O–H groups in total. The van der Waals surface area contributed by atoms with Crippen LogP contribution < -0.4 is 15.5 Å². The average molecular weight is 1070 g/mol. The van der Waals surface area contributed by atoms with E-state index >= 15 is 0 Å². The first-order valence-electron chi connectivity index (χ1n) is 26.2. The molecule has 1 saturated carbocycles. The molecule has 0 aliphatic heterocycles. The zero-order valence-corrected chi connectivity index (χ0v) is 47.2. The Bertz CT molecular complexity index is 2650. The molecule has 75 heavy (non-hydrogen) atoms. The van der Waals surface area contributed by atoms with Gasteiger partial charge in [-0.2, -0.15) is 0 Å². The van der Waals surface area contributed by atoms with Crippen LogP contribution in [0.5, 0.6) is 0 Å². The Hall–Kier alpha value is -5.54. The van der Waals surface area contributed by atoms with E-state index in [4.69, 9.17) is 4.74 Å². The summed E-state index contributed by atoms with van der Waals surface area (Å²) in [7, 11) is -7.04. The van der Waals surface area contributed by atoms with Gasteiger partial charge in [0.1, 0.15) is 13.1 Å². The summed E-state index contributed by atoms with van der Waals surface area (Å²) in [4.78, 5) is 52.1. The smallest absolute Gasteiger partial charge is 0.325 e. The maximum absolute atomic E-state index is 13.7. The lowest BCUT2D eigenvalue weighted by Crippen LogP contribution is -2.50. The third-order valence-electron chi connectivity index (χ3n) is 13.4. The number of rotatable bonds is 23. The monoisotopic (exact) mass is 1070 g/mol. The van der Waals surface area contributed by atoms with Crippen molar-refractivity contribution < 1.29 is 45.9 Å². The second-order valence-corrected chi connectivity index (χ2v) is 26.4. The van der Waals surface area contributed by atoms with Crippen LogP contribution in [0.25, 0.3) is 0 Å². The number of benzene rings is 4. The Morgan fingerprint density at radius 2 is 1.17 bits per heavy atom. The molecule has 0 spiro atoms. The number of ketones is 1. The third kappa shape index (κ3) is 21.5. The molecule has 13 nitrogen and oxygen atoms in total. The first-order valence-corrected chi connectivity index (χ1v) is 29.5. The first kappa shape index (κ1) is 63.8. The van der Waals surface area contributed by atoms with E-state index in [0.717, 1.165) is 66.7 Å². The highest BCUT2D eigenvalue weighted by atomic mass is 32.2. The van der Waals surface area contributed by atoms with Gasteiger partial charge in [-0.15, -0.1) is 0 Å². The molecule has 0 saturated heterocycles. The molecule has 5 rings (SSSR count). The minimum atomic E-state index is -3.63. The summed E-state index contributed by atoms with van der Waals surface area (Å²) in [5, 5.41) is 15.5. The number of Topliss-reactive ketones (excluding diaryl/α,β-unsaturated/α-hetero) is 1. The van der Waals surface area contributed by atoms with Crippen molar-refractivity contribution in [3.05, 3.63) is 119 Å². The molecule has 0 aromatic heterocycles. The van der Waals surface area contributed by atoms with Gasteiger partial charge in [-0.05, 0) is 113 Å². The lowest BCUT2D eigenvalue weighted by atomic mass is 9.82. The van der Waals surface area contributed by atoms with Crippen LogP contribution in [0.2, 0.25) is 0 Å². The highest BCUT2D eigenvalue weighted by molar-refractivity contribution is 7.91. The lowest BCUT2D eigenvalue weighted by Gasteiger charge is -2.29. The molecule has 4 aromatic carbocycles. The lowest BCUT2D eigenvalue weighted by molar-refractivity contribution is -0.141. The van der Waals surface area contributed by atoms with Crippen LogP contribution in [-0.4, -0.2) is 71.4 Å². The highest BCUT2D eigenvalue weighted by Gasteiger charge is 2.30. The summed E-state index contributed by atoms with van der Waals surface area (Å²) in [5.41, 5.74) is 4.27. The van der Waals surface area contributed by atoms with Crippen LogP contribution in [0.15, 0.2) is 107 Å². The summed E-state index contributed by atoms with van der Waals surface area (Å²) >= 11 is 0. The van der Waals surface area contributed by atoms with Gasteiger partial charge in [0.25, 0.3) is 0 Å². The topological polar surface area (TPSA) is 193 Å². The number of sulfone groups is 2. The molecule has 1 aliphatic carbocycles. The van der Waals surface area contributed by atoms with Gasteiger partial charge >= 0.3 is 18.0 Å². The van der Waals surface area contributed by atoms with Crippen molar-refractivity contribution in [2.45, 2.75) is 179 Å². The van der Waals surface area contributed by atoms with E-state index in [0.29, 0.717) is 53.0 Å². The van der Waals surface area contributed by atoms with Gasteiger partial charge in [0.15, 0.2) is 25.5 Å². The van der Waals surface area contributed by atoms with Crippen molar-refractivity contribution in [1.82, 2.24) is 5.32 Å². The third-order valence-corrected chi connectivity index (χ3v) is 16.8. The van der Waals surface area contributed by atoms with Crippen LogP contribution in [0.1, 0.15) is 163 Å².